The van der Waals surface area contributed by atoms with Crippen molar-refractivity contribution in [3.8, 4) is 0 Å². The van der Waals surface area contributed by atoms with Gasteiger partial charge in [-0.2, -0.15) is 0 Å². The number of benzene rings is 1. The number of rotatable bonds is 6. The zero-order valence-corrected chi connectivity index (χ0v) is 14.2. The number of hydrogen-bond acceptors (Lipinski definition) is 3. The van der Waals surface area contributed by atoms with Crippen LogP contribution in [0.3, 0.4) is 0 Å². The fourth-order valence-electron chi connectivity index (χ4n) is 4.54. The first-order valence-corrected chi connectivity index (χ1v) is 8.83. The van der Waals surface area contributed by atoms with Gasteiger partial charge in [0.25, 0.3) is 0 Å². The largest absolute Gasteiger partial charge is 0.352 e. The van der Waals surface area contributed by atoms with E-state index in [4.69, 9.17) is 5.73 Å². The molecule has 2 aliphatic rings. The number of fused-ring (bicyclic) bond motifs is 2. The predicted molar refractivity (Wildman–Crippen MR) is 92.7 cm³/mol. The maximum absolute atomic E-state index is 12.6. The van der Waals surface area contributed by atoms with Crippen molar-refractivity contribution in [2.45, 2.75) is 44.8 Å². The third kappa shape index (κ3) is 3.75. The molecule has 0 saturated heterocycles. The Morgan fingerprint density at radius 2 is 2.00 bits per heavy atom. The van der Waals surface area contributed by atoms with Crippen LogP contribution in [0.15, 0.2) is 30.3 Å². The fourth-order valence-corrected chi connectivity index (χ4v) is 4.54. The van der Waals surface area contributed by atoms with Crippen molar-refractivity contribution >= 4 is 5.91 Å². The van der Waals surface area contributed by atoms with Gasteiger partial charge in [0.1, 0.15) is 0 Å². The normalized spacial score (nSPS) is 30.6. The Labute approximate surface area is 139 Å². The first-order valence-electron chi connectivity index (χ1n) is 8.83. The van der Waals surface area contributed by atoms with E-state index < -0.39 is 0 Å². The number of nitrogens with zero attached hydrogens (tertiary/aromatic N) is 1. The Morgan fingerprint density at radius 1 is 1.30 bits per heavy atom. The molecular formula is C19H29N3O. The molecule has 1 amide bonds. The smallest absolute Gasteiger partial charge is 0.225 e. The Hall–Kier alpha value is -1.39. The van der Waals surface area contributed by atoms with E-state index in [1.54, 1.807) is 0 Å². The quantitative estimate of drug-likeness (QED) is 0.844. The molecule has 126 valence electrons. The van der Waals surface area contributed by atoms with Crippen LogP contribution in [0.5, 0.6) is 0 Å². The third-order valence-corrected chi connectivity index (χ3v) is 5.55. The van der Waals surface area contributed by atoms with Crippen LogP contribution in [-0.4, -0.2) is 36.5 Å². The van der Waals surface area contributed by atoms with Crippen molar-refractivity contribution in [3.05, 3.63) is 35.9 Å². The van der Waals surface area contributed by atoms with Crippen LogP contribution in [-0.2, 0) is 11.3 Å². The molecule has 1 aromatic carbocycles. The van der Waals surface area contributed by atoms with Crippen molar-refractivity contribution < 1.29 is 4.79 Å². The highest BCUT2D eigenvalue weighted by Crippen LogP contribution is 2.47. The second-order valence-electron chi connectivity index (χ2n) is 7.53. The lowest BCUT2D eigenvalue weighted by Gasteiger charge is -2.29. The lowest BCUT2D eigenvalue weighted by atomic mass is 9.84. The molecule has 23 heavy (non-hydrogen) atoms. The number of nitrogens with one attached hydrogen (secondary N) is 1. The molecule has 0 spiro atoms. The van der Waals surface area contributed by atoms with Crippen LogP contribution < -0.4 is 11.1 Å². The van der Waals surface area contributed by atoms with Crippen LogP contribution in [0.4, 0.5) is 0 Å². The van der Waals surface area contributed by atoms with E-state index in [0.717, 1.165) is 19.5 Å². The van der Waals surface area contributed by atoms with E-state index in [-0.39, 0.29) is 23.9 Å². The molecular weight excluding hydrogens is 286 g/mol. The molecule has 0 aromatic heterocycles. The summed E-state index contributed by atoms with van der Waals surface area (Å²) in [7, 11) is 2.10. The summed E-state index contributed by atoms with van der Waals surface area (Å²) in [6.45, 7) is 3.82. The van der Waals surface area contributed by atoms with Crippen LogP contribution >= 0.6 is 0 Å². The molecule has 5 atom stereocenters. The second-order valence-corrected chi connectivity index (χ2v) is 7.53. The molecule has 2 bridgehead atoms. The van der Waals surface area contributed by atoms with Crippen LogP contribution in [0, 0.1) is 17.8 Å². The molecule has 4 heteroatoms. The number of carbonyl (C=O) groups excluding carboxylic acids is 1. The maximum atomic E-state index is 12.6. The first-order chi connectivity index (χ1) is 11.0. The summed E-state index contributed by atoms with van der Waals surface area (Å²) >= 11 is 0. The van der Waals surface area contributed by atoms with Gasteiger partial charge < -0.3 is 16.0 Å². The van der Waals surface area contributed by atoms with Gasteiger partial charge in [-0.05, 0) is 50.6 Å². The van der Waals surface area contributed by atoms with Crippen molar-refractivity contribution in [2.75, 3.05) is 13.6 Å². The number of amides is 1. The SMILES string of the molecule is CC(CN(C)Cc1ccccc1)NC(=O)C1C2CCC(C2)C1N. The number of nitrogens with two attached hydrogens (primary N) is 1. The van der Waals surface area contributed by atoms with Gasteiger partial charge in [-0.15, -0.1) is 0 Å². The van der Waals surface area contributed by atoms with E-state index in [1.165, 1.54) is 18.4 Å². The lowest BCUT2D eigenvalue weighted by Crippen LogP contribution is -2.49. The average Bonchev–Trinajstić information content (AvgIpc) is 3.08. The Kier molecular flexibility index (Phi) is 5.02. The maximum Gasteiger partial charge on any atom is 0.225 e. The van der Waals surface area contributed by atoms with Gasteiger partial charge in [0, 0.05) is 25.2 Å². The minimum Gasteiger partial charge on any atom is -0.352 e. The second kappa shape index (κ2) is 7.02. The summed E-state index contributed by atoms with van der Waals surface area (Å²) in [5, 5.41) is 3.19. The van der Waals surface area contributed by atoms with Crippen LogP contribution in [0.2, 0.25) is 0 Å². The summed E-state index contributed by atoms with van der Waals surface area (Å²) < 4.78 is 0. The molecule has 3 N–H and O–H groups in total. The highest BCUT2D eigenvalue weighted by molar-refractivity contribution is 5.80. The molecule has 5 unspecified atom stereocenters. The van der Waals surface area contributed by atoms with E-state index in [2.05, 4.69) is 48.5 Å². The molecule has 0 heterocycles. The van der Waals surface area contributed by atoms with Gasteiger partial charge >= 0.3 is 0 Å². The Bertz CT molecular complexity index is 531. The molecule has 2 saturated carbocycles. The van der Waals surface area contributed by atoms with Crippen LogP contribution in [0.1, 0.15) is 31.7 Å². The number of hydrogen-bond donors (Lipinski definition) is 2. The summed E-state index contributed by atoms with van der Waals surface area (Å²) in [5.74, 6) is 1.30. The highest BCUT2D eigenvalue weighted by atomic mass is 16.2. The van der Waals surface area contributed by atoms with Gasteiger partial charge in [-0.3, -0.25) is 4.79 Å². The molecule has 0 radical (unpaired) electrons. The third-order valence-electron chi connectivity index (χ3n) is 5.55. The van der Waals surface area contributed by atoms with E-state index in [9.17, 15) is 4.79 Å². The standard InChI is InChI=1S/C19H29N3O/c1-13(11-22(2)12-14-6-4-3-5-7-14)21-19(23)17-15-8-9-16(10-15)18(17)20/h3-7,13,15-18H,8-12,20H2,1-2H3,(H,21,23). The number of likely N-dealkylation sites (N-methyl/N-ethyl adjacent to an activating group) is 1. The van der Waals surface area contributed by atoms with Gasteiger partial charge in [0.15, 0.2) is 0 Å². The number of carbonyl (C=O) groups is 1. The van der Waals surface area contributed by atoms with Crippen LogP contribution in [0.25, 0.3) is 0 Å². The fraction of sp³-hybridized carbons (Fsp3) is 0.632. The molecule has 2 fully saturated rings. The first kappa shape index (κ1) is 16.5. The zero-order valence-electron chi connectivity index (χ0n) is 14.2. The van der Waals surface area contributed by atoms with Gasteiger partial charge in [0.05, 0.1) is 5.92 Å². The monoisotopic (exact) mass is 315 g/mol. The van der Waals surface area contributed by atoms with Gasteiger partial charge in [0.2, 0.25) is 5.91 Å². The molecule has 0 aliphatic heterocycles. The van der Waals surface area contributed by atoms with Crippen molar-refractivity contribution in [3.63, 3.8) is 0 Å². The van der Waals surface area contributed by atoms with E-state index >= 15 is 0 Å². The summed E-state index contributed by atoms with van der Waals surface area (Å²) in [5.41, 5.74) is 7.57. The molecule has 4 nitrogen and oxygen atoms in total. The minimum atomic E-state index is 0.0376. The minimum absolute atomic E-state index is 0.0376. The topological polar surface area (TPSA) is 58.4 Å². The van der Waals surface area contributed by atoms with Crippen molar-refractivity contribution in [1.29, 1.82) is 0 Å². The van der Waals surface area contributed by atoms with E-state index in [1.807, 2.05) is 6.07 Å². The predicted octanol–water partition coefficient (Wildman–Crippen LogP) is 2.00. The summed E-state index contributed by atoms with van der Waals surface area (Å²) in [6.07, 6.45) is 3.55. The van der Waals surface area contributed by atoms with Gasteiger partial charge in [-0.1, -0.05) is 30.3 Å². The zero-order chi connectivity index (χ0) is 16.4. The van der Waals surface area contributed by atoms with Gasteiger partial charge in [-0.25, -0.2) is 0 Å². The summed E-state index contributed by atoms with van der Waals surface area (Å²) in [6, 6.07) is 10.6. The van der Waals surface area contributed by atoms with Crippen molar-refractivity contribution in [2.24, 2.45) is 23.5 Å². The summed E-state index contributed by atoms with van der Waals surface area (Å²) in [4.78, 5) is 14.8. The van der Waals surface area contributed by atoms with E-state index in [0.29, 0.717) is 11.8 Å². The molecule has 1 aromatic rings. The highest BCUT2D eigenvalue weighted by Gasteiger charge is 2.49. The molecule has 3 rings (SSSR count). The Balaban J connectivity index is 1.47. The van der Waals surface area contributed by atoms with Crippen molar-refractivity contribution in [1.82, 2.24) is 10.2 Å². The average molecular weight is 315 g/mol. The Morgan fingerprint density at radius 3 is 2.65 bits per heavy atom. The lowest BCUT2D eigenvalue weighted by molar-refractivity contribution is -0.127. The molecule has 2 aliphatic carbocycles.